The van der Waals surface area contributed by atoms with Gasteiger partial charge < -0.3 is 4.74 Å². The van der Waals surface area contributed by atoms with E-state index in [1.807, 2.05) is 0 Å². The van der Waals surface area contributed by atoms with E-state index in [1.165, 1.54) is 0 Å². The molecule has 1 aliphatic heterocycles. The number of amides is 1. The third kappa shape index (κ3) is 2.16. The third-order valence-corrected chi connectivity index (χ3v) is 3.36. The first-order chi connectivity index (χ1) is 10.4. The number of ether oxygens (including phenoxy) is 1. The van der Waals surface area contributed by atoms with E-state index in [-0.39, 0.29) is 0 Å². The molecular formula is C16H10F3NO2. The van der Waals surface area contributed by atoms with Gasteiger partial charge in [0.15, 0.2) is 0 Å². The Hall–Kier alpha value is -2.63. The fourth-order valence-electron chi connectivity index (χ4n) is 2.38. The molecule has 1 heterocycles. The molecule has 0 fully saturated rings. The van der Waals surface area contributed by atoms with Crippen LogP contribution in [0.15, 0.2) is 65.7 Å². The van der Waals surface area contributed by atoms with Gasteiger partial charge in [0.05, 0.1) is 0 Å². The van der Waals surface area contributed by atoms with E-state index in [0.29, 0.717) is 11.1 Å². The monoisotopic (exact) mass is 305 g/mol. The van der Waals surface area contributed by atoms with Crippen LogP contribution in [0.2, 0.25) is 0 Å². The molecule has 3 rings (SSSR count). The molecule has 0 saturated heterocycles. The zero-order valence-electron chi connectivity index (χ0n) is 11.2. The van der Waals surface area contributed by atoms with Crippen LogP contribution in [-0.4, -0.2) is 18.0 Å². The molecule has 22 heavy (non-hydrogen) atoms. The molecule has 6 heteroatoms. The summed E-state index contributed by atoms with van der Waals surface area (Å²) in [6.45, 7) is 0. The molecule has 0 bridgehead atoms. The highest BCUT2D eigenvalue weighted by Crippen LogP contribution is 2.41. The molecule has 0 aliphatic carbocycles. The average molecular weight is 305 g/mol. The van der Waals surface area contributed by atoms with E-state index >= 15 is 0 Å². The van der Waals surface area contributed by atoms with E-state index in [0.717, 1.165) is 0 Å². The van der Waals surface area contributed by atoms with Crippen molar-refractivity contribution in [3.05, 3.63) is 71.8 Å². The number of hydrogen-bond donors (Lipinski definition) is 0. The minimum Gasteiger partial charge on any atom is -0.447 e. The summed E-state index contributed by atoms with van der Waals surface area (Å²) >= 11 is 0. The number of benzene rings is 2. The molecule has 0 N–H and O–H groups in total. The number of aliphatic imine (C=N–C) groups is 1. The summed E-state index contributed by atoms with van der Waals surface area (Å²) in [5, 5.41) is 0. The second-order valence-corrected chi connectivity index (χ2v) is 4.74. The molecule has 112 valence electrons. The molecule has 0 unspecified atom stereocenters. The van der Waals surface area contributed by atoms with Crippen molar-refractivity contribution in [2.24, 2.45) is 4.99 Å². The van der Waals surface area contributed by atoms with Crippen molar-refractivity contribution in [2.75, 3.05) is 0 Å². The number of halogens is 3. The van der Waals surface area contributed by atoms with Gasteiger partial charge in [-0.2, -0.15) is 18.2 Å². The minimum absolute atomic E-state index is 0.300. The molecule has 2 aromatic carbocycles. The Labute approximate surface area is 124 Å². The highest BCUT2D eigenvalue weighted by Gasteiger charge is 2.56. The molecule has 1 aliphatic rings. The largest absolute Gasteiger partial charge is 0.468 e. The van der Waals surface area contributed by atoms with Crippen LogP contribution in [0.4, 0.5) is 13.2 Å². The molecule has 2 aromatic rings. The fraction of sp³-hybridized carbons (Fsp3) is 0.125. The van der Waals surface area contributed by atoms with Gasteiger partial charge in [0.2, 0.25) is 5.60 Å². The normalized spacial score (nSPS) is 17.0. The highest BCUT2D eigenvalue weighted by molar-refractivity contribution is 6.06. The van der Waals surface area contributed by atoms with Crippen LogP contribution in [0.5, 0.6) is 0 Å². The van der Waals surface area contributed by atoms with Crippen LogP contribution in [0.1, 0.15) is 11.1 Å². The summed E-state index contributed by atoms with van der Waals surface area (Å²) in [6.07, 6.45) is -4.82. The summed E-state index contributed by atoms with van der Waals surface area (Å²) in [6, 6.07) is 16.1. The lowest BCUT2D eigenvalue weighted by Gasteiger charge is -2.27. The Morgan fingerprint density at radius 3 is 1.68 bits per heavy atom. The lowest BCUT2D eigenvalue weighted by molar-refractivity contribution is -0.130. The Balaban J connectivity index is 2.18. The molecule has 0 atom stereocenters. The molecule has 3 nitrogen and oxygen atoms in total. The van der Waals surface area contributed by atoms with E-state index < -0.39 is 23.6 Å². The quantitative estimate of drug-likeness (QED) is 0.852. The second kappa shape index (κ2) is 4.98. The number of hydrogen-bond acceptors (Lipinski definition) is 2. The Kier molecular flexibility index (Phi) is 3.24. The molecule has 0 saturated carbocycles. The second-order valence-electron chi connectivity index (χ2n) is 4.74. The predicted molar refractivity (Wildman–Crippen MR) is 73.2 cm³/mol. The standard InChI is InChI=1S/C16H10F3NO2/c17-16(18,19)14-20-13(21)15(22-14,11-7-3-1-4-8-11)12-9-5-2-6-10-12/h1-10H. The topological polar surface area (TPSA) is 38.7 Å². The van der Waals surface area contributed by atoms with Crippen LogP contribution >= 0.6 is 0 Å². The Bertz CT molecular complexity index is 685. The first-order valence-electron chi connectivity index (χ1n) is 6.45. The van der Waals surface area contributed by atoms with Gasteiger partial charge in [-0.3, -0.25) is 4.79 Å². The number of rotatable bonds is 2. The predicted octanol–water partition coefficient (Wildman–Crippen LogP) is 3.45. The van der Waals surface area contributed by atoms with Gasteiger partial charge in [-0.15, -0.1) is 0 Å². The van der Waals surface area contributed by atoms with Gasteiger partial charge in [-0.25, -0.2) is 0 Å². The van der Waals surface area contributed by atoms with Gasteiger partial charge in [0, 0.05) is 11.1 Å². The molecule has 0 radical (unpaired) electrons. The van der Waals surface area contributed by atoms with E-state index in [2.05, 4.69) is 4.99 Å². The minimum atomic E-state index is -4.82. The Morgan fingerprint density at radius 1 is 0.864 bits per heavy atom. The van der Waals surface area contributed by atoms with Crippen molar-refractivity contribution >= 4 is 11.8 Å². The van der Waals surface area contributed by atoms with Gasteiger partial charge in [-0.1, -0.05) is 60.7 Å². The summed E-state index contributed by atoms with van der Waals surface area (Å²) in [5.41, 5.74) is -1.30. The van der Waals surface area contributed by atoms with Gasteiger partial charge >= 0.3 is 18.0 Å². The van der Waals surface area contributed by atoms with Crippen LogP contribution in [0.3, 0.4) is 0 Å². The van der Waals surface area contributed by atoms with E-state index in [1.54, 1.807) is 60.7 Å². The van der Waals surface area contributed by atoms with Crippen molar-refractivity contribution in [1.29, 1.82) is 0 Å². The van der Waals surface area contributed by atoms with Crippen LogP contribution in [0.25, 0.3) is 0 Å². The van der Waals surface area contributed by atoms with Crippen LogP contribution in [0, 0.1) is 0 Å². The van der Waals surface area contributed by atoms with Gasteiger partial charge in [0.25, 0.3) is 0 Å². The molecule has 1 amide bonds. The number of alkyl halides is 3. The van der Waals surface area contributed by atoms with Crippen molar-refractivity contribution < 1.29 is 22.7 Å². The van der Waals surface area contributed by atoms with Gasteiger partial charge in [0.1, 0.15) is 0 Å². The lowest BCUT2D eigenvalue weighted by Crippen LogP contribution is -2.37. The Morgan fingerprint density at radius 2 is 1.32 bits per heavy atom. The van der Waals surface area contributed by atoms with Crippen molar-refractivity contribution in [1.82, 2.24) is 0 Å². The average Bonchev–Trinajstić information content (AvgIpc) is 2.88. The maximum absolute atomic E-state index is 12.9. The van der Waals surface area contributed by atoms with Crippen molar-refractivity contribution in [3.63, 3.8) is 0 Å². The van der Waals surface area contributed by atoms with E-state index in [4.69, 9.17) is 4.74 Å². The SMILES string of the molecule is O=C1N=C(C(F)(F)F)OC1(c1ccccc1)c1ccccc1. The first kappa shape index (κ1) is 14.3. The maximum atomic E-state index is 12.9. The van der Waals surface area contributed by atoms with Crippen LogP contribution < -0.4 is 0 Å². The summed E-state index contributed by atoms with van der Waals surface area (Å²) in [5.74, 6) is -2.51. The molecule has 0 aromatic heterocycles. The smallest absolute Gasteiger partial charge is 0.447 e. The molecular weight excluding hydrogens is 295 g/mol. The van der Waals surface area contributed by atoms with Crippen LogP contribution in [-0.2, 0) is 15.1 Å². The summed E-state index contributed by atoms with van der Waals surface area (Å²) < 4.78 is 43.8. The fourth-order valence-corrected chi connectivity index (χ4v) is 2.38. The number of carbonyl (C=O) groups is 1. The first-order valence-corrected chi connectivity index (χ1v) is 6.45. The van der Waals surface area contributed by atoms with E-state index in [9.17, 15) is 18.0 Å². The summed E-state index contributed by atoms with van der Waals surface area (Å²) in [7, 11) is 0. The zero-order valence-corrected chi connectivity index (χ0v) is 11.2. The molecule has 0 spiro atoms. The third-order valence-electron chi connectivity index (χ3n) is 3.36. The van der Waals surface area contributed by atoms with Gasteiger partial charge in [-0.05, 0) is 0 Å². The number of nitrogens with zero attached hydrogens (tertiary/aromatic N) is 1. The summed E-state index contributed by atoms with van der Waals surface area (Å²) in [4.78, 5) is 15.4. The van der Waals surface area contributed by atoms with Crippen molar-refractivity contribution in [2.45, 2.75) is 11.8 Å². The lowest BCUT2D eigenvalue weighted by atomic mass is 9.86. The highest BCUT2D eigenvalue weighted by atomic mass is 19.4. The maximum Gasteiger partial charge on any atom is 0.468 e. The van der Waals surface area contributed by atoms with Crippen molar-refractivity contribution in [3.8, 4) is 0 Å². The zero-order chi connectivity index (χ0) is 15.8. The number of carbonyl (C=O) groups excluding carboxylic acids is 1.